The molecule has 1 aromatic carbocycles. The van der Waals surface area contributed by atoms with Gasteiger partial charge < -0.3 is 24.4 Å². The maximum absolute atomic E-state index is 6.22. The van der Waals surface area contributed by atoms with Gasteiger partial charge in [-0.1, -0.05) is 0 Å². The second kappa shape index (κ2) is 12.1. The van der Waals surface area contributed by atoms with Crippen molar-refractivity contribution >= 4 is 0 Å². The van der Waals surface area contributed by atoms with E-state index in [1.165, 1.54) is 5.56 Å². The number of nitrogens with zero attached hydrogens (tertiary/aromatic N) is 2. The lowest BCUT2D eigenvalue weighted by molar-refractivity contribution is -0.0176. The van der Waals surface area contributed by atoms with Crippen molar-refractivity contribution in [1.82, 2.24) is 20.4 Å². The second-order valence-corrected chi connectivity index (χ2v) is 8.00. The van der Waals surface area contributed by atoms with E-state index in [1.54, 1.807) is 7.11 Å². The van der Waals surface area contributed by atoms with Gasteiger partial charge in [0.15, 0.2) is 0 Å². The molecule has 1 fully saturated rings. The molecule has 7 heteroatoms. The Morgan fingerprint density at radius 2 is 1.83 bits per heavy atom. The summed E-state index contributed by atoms with van der Waals surface area (Å²) in [6.45, 7) is 4.16. The van der Waals surface area contributed by atoms with Crippen molar-refractivity contribution in [3.63, 3.8) is 0 Å². The van der Waals surface area contributed by atoms with Crippen LogP contribution in [0.3, 0.4) is 0 Å². The fraction of sp³-hybridized carbons (Fsp3) is 0.609. The number of rotatable bonds is 12. The van der Waals surface area contributed by atoms with Crippen molar-refractivity contribution in [1.29, 1.82) is 0 Å². The monoisotopic (exact) mass is 416 g/mol. The molecule has 0 atom stereocenters. The van der Waals surface area contributed by atoms with E-state index in [-0.39, 0.29) is 6.10 Å². The fourth-order valence-corrected chi connectivity index (χ4v) is 3.86. The number of likely N-dealkylation sites (N-methyl/N-ethyl adjacent to an activating group) is 2. The number of nitrogens with one attached hydrogen (secondary N) is 2. The maximum Gasteiger partial charge on any atom is 0.119 e. The first-order chi connectivity index (χ1) is 14.7. The van der Waals surface area contributed by atoms with Crippen LogP contribution < -0.4 is 10.1 Å². The van der Waals surface area contributed by atoms with Gasteiger partial charge in [0.05, 0.1) is 31.1 Å². The highest BCUT2D eigenvalue weighted by atomic mass is 16.5. The third-order valence-corrected chi connectivity index (χ3v) is 5.60. The Morgan fingerprint density at radius 1 is 1.10 bits per heavy atom. The Balaban J connectivity index is 1.50. The molecule has 2 N–H and O–H groups in total. The topological polar surface area (TPSA) is 71.6 Å². The number of hydrogen-bond acceptors (Lipinski definition) is 6. The van der Waals surface area contributed by atoms with Crippen LogP contribution >= 0.6 is 0 Å². The Morgan fingerprint density at radius 3 is 2.53 bits per heavy atom. The molecule has 7 nitrogen and oxygen atoms in total. The molecule has 1 aromatic heterocycles. The van der Waals surface area contributed by atoms with Gasteiger partial charge in [0.1, 0.15) is 5.75 Å². The van der Waals surface area contributed by atoms with E-state index in [2.05, 4.69) is 51.7 Å². The molecule has 0 saturated heterocycles. The molecule has 0 aliphatic heterocycles. The number of methoxy groups -OCH3 is 1. The third kappa shape index (κ3) is 6.80. The summed E-state index contributed by atoms with van der Waals surface area (Å²) in [5.74, 6) is 0.922. The molecule has 2 aromatic rings. The molecule has 0 bridgehead atoms. The molecule has 1 heterocycles. The van der Waals surface area contributed by atoms with E-state index in [1.807, 2.05) is 13.2 Å². The van der Waals surface area contributed by atoms with Gasteiger partial charge >= 0.3 is 0 Å². The van der Waals surface area contributed by atoms with Crippen LogP contribution in [0.25, 0.3) is 11.3 Å². The molecule has 1 aliphatic carbocycles. The summed E-state index contributed by atoms with van der Waals surface area (Å²) < 4.78 is 17.1. The molecule has 0 amide bonds. The lowest BCUT2D eigenvalue weighted by Crippen LogP contribution is -2.29. The maximum atomic E-state index is 6.22. The summed E-state index contributed by atoms with van der Waals surface area (Å²) in [5.41, 5.74) is 3.32. The average molecular weight is 417 g/mol. The second-order valence-electron chi connectivity index (χ2n) is 8.00. The van der Waals surface area contributed by atoms with Crippen LogP contribution in [0.15, 0.2) is 30.5 Å². The van der Waals surface area contributed by atoms with Crippen LogP contribution in [-0.2, 0) is 16.0 Å². The van der Waals surface area contributed by atoms with Crippen molar-refractivity contribution in [3.8, 4) is 17.0 Å². The largest absolute Gasteiger partial charge is 0.490 e. The minimum atomic E-state index is 0.264. The zero-order valence-electron chi connectivity index (χ0n) is 18.5. The van der Waals surface area contributed by atoms with Crippen molar-refractivity contribution in [3.05, 3.63) is 36.0 Å². The van der Waals surface area contributed by atoms with E-state index in [4.69, 9.17) is 14.2 Å². The van der Waals surface area contributed by atoms with Gasteiger partial charge in [-0.3, -0.25) is 5.10 Å². The number of hydrogen-bond donors (Lipinski definition) is 2. The Bertz CT molecular complexity index is 726. The SMILES string of the molecule is CNCCN(C)Cc1c[nH]nc1-c1ccc(OC2CCC(OCCOC)CC2)cc1. The zero-order chi connectivity index (χ0) is 21.2. The summed E-state index contributed by atoms with van der Waals surface area (Å²) in [5, 5.41) is 10.7. The molecule has 0 unspecified atom stereocenters. The van der Waals surface area contributed by atoms with Gasteiger partial charge in [-0.25, -0.2) is 0 Å². The summed E-state index contributed by atoms with van der Waals surface area (Å²) >= 11 is 0. The van der Waals surface area contributed by atoms with E-state index in [9.17, 15) is 0 Å². The van der Waals surface area contributed by atoms with Crippen LogP contribution in [0.5, 0.6) is 5.75 Å². The van der Waals surface area contributed by atoms with Gasteiger partial charge in [0.25, 0.3) is 0 Å². The highest BCUT2D eigenvalue weighted by molar-refractivity contribution is 5.63. The van der Waals surface area contributed by atoms with Gasteiger partial charge in [-0.2, -0.15) is 5.10 Å². The highest BCUT2D eigenvalue weighted by Gasteiger charge is 2.23. The zero-order valence-corrected chi connectivity index (χ0v) is 18.5. The minimum Gasteiger partial charge on any atom is -0.490 e. The number of ether oxygens (including phenoxy) is 3. The molecular formula is C23H36N4O3. The minimum absolute atomic E-state index is 0.264. The number of aromatic amines is 1. The van der Waals surface area contributed by atoms with E-state index >= 15 is 0 Å². The highest BCUT2D eigenvalue weighted by Crippen LogP contribution is 2.28. The average Bonchev–Trinajstić information content (AvgIpc) is 3.22. The van der Waals surface area contributed by atoms with Crippen LogP contribution in [0.2, 0.25) is 0 Å². The lowest BCUT2D eigenvalue weighted by atomic mass is 9.95. The Hall–Kier alpha value is -1.93. The predicted octanol–water partition coefficient (Wildman–Crippen LogP) is 3.08. The van der Waals surface area contributed by atoms with Crippen molar-refractivity contribution in [2.45, 2.75) is 44.4 Å². The molecule has 166 valence electrons. The smallest absolute Gasteiger partial charge is 0.119 e. The fourth-order valence-electron chi connectivity index (χ4n) is 3.86. The first-order valence-electron chi connectivity index (χ1n) is 10.9. The molecular weight excluding hydrogens is 380 g/mol. The summed E-state index contributed by atoms with van der Waals surface area (Å²) in [6, 6.07) is 8.31. The molecule has 0 spiro atoms. The summed E-state index contributed by atoms with van der Waals surface area (Å²) in [7, 11) is 5.81. The quantitative estimate of drug-likeness (QED) is 0.518. The number of H-pyrrole nitrogens is 1. The van der Waals surface area contributed by atoms with Crippen molar-refractivity contribution in [2.75, 3.05) is 47.5 Å². The first kappa shape index (κ1) is 22.7. The molecule has 1 saturated carbocycles. The van der Waals surface area contributed by atoms with Crippen LogP contribution in [-0.4, -0.2) is 74.8 Å². The Labute approximate surface area is 180 Å². The van der Waals surface area contributed by atoms with Crippen LogP contribution in [0.4, 0.5) is 0 Å². The van der Waals surface area contributed by atoms with E-state index in [0.717, 1.165) is 62.3 Å². The lowest BCUT2D eigenvalue weighted by Gasteiger charge is -2.29. The normalized spacial score (nSPS) is 19.3. The van der Waals surface area contributed by atoms with E-state index in [0.29, 0.717) is 19.3 Å². The molecule has 30 heavy (non-hydrogen) atoms. The molecule has 3 rings (SSSR count). The number of aromatic nitrogens is 2. The first-order valence-corrected chi connectivity index (χ1v) is 10.9. The van der Waals surface area contributed by atoms with Crippen molar-refractivity contribution < 1.29 is 14.2 Å². The van der Waals surface area contributed by atoms with Crippen molar-refractivity contribution in [2.24, 2.45) is 0 Å². The predicted molar refractivity (Wildman–Crippen MR) is 119 cm³/mol. The van der Waals surface area contributed by atoms with Gasteiger partial charge in [0.2, 0.25) is 0 Å². The van der Waals surface area contributed by atoms with Crippen LogP contribution in [0.1, 0.15) is 31.2 Å². The summed E-state index contributed by atoms with van der Waals surface area (Å²) in [4.78, 5) is 2.29. The standard InChI is InChI=1S/C23H36N4O3/c1-24-12-13-27(2)17-19-16-25-26-23(19)18-4-6-21(7-5-18)30-22-10-8-20(9-11-22)29-15-14-28-3/h4-7,16,20,22,24H,8-15,17H2,1-3H3,(H,25,26). The molecule has 1 aliphatic rings. The van der Waals surface area contributed by atoms with Gasteiger partial charge in [-0.05, 0) is 64.0 Å². The van der Waals surface area contributed by atoms with Gasteiger partial charge in [0, 0.05) is 44.1 Å². The van der Waals surface area contributed by atoms with E-state index < -0.39 is 0 Å². The van der Waals surface area contributed by atoms with Crippen LogP contribution in [0, 0.1) is 0 Å². The summed E-state index contributed by atoms with van der Waals surface area (Å²) in [6.07, 6.45) is 6.74. The Kier molecular flexibility index (Phi) is 9.14. The number of benzene rings is 1. The third-order valence-electron chi connectivity index (χ3n) is 5.60. The van der Waals surface area contributed by atoms with Gasteiger partial charge in [-0.15, -0.1) is 0 Å². The molecule has 0 radical (unpaired) electrons.